The van der Waals surface area contributed by atoms with Crippen LogP contribution in [0.3, 0.4) is 0 Å². The second-order valence-electron chi connectivity index (χ2n) is 7.52. The molecule has 0 unspecified atom stereocenters. The Morgan fingerprint density at radius 2 is 2.08 bits per heavy atom. The van der Waals surface area contributed by atoms with E-state index in [0.29, 0.717) is 24.1 Å². The number of rotatable bonds is 4. The number of piperidine rings is 2. The minimum atomic E-state index is -0.726. The molecular weight excluding hydrogens is 321 g/mol. The van der Waals surface area contributed by atoms with Gasteiger partial charge in [0.25, 0.3) is 0 Å². The van der Waals surface area contributed by atoms with Crippen molar-refractivity contribution < 1.29 is 14.3 Å². The summed E-state index contributed by atoms with van der Waals surface area (Å²) in [6, 6.07) is 2.84. The van der Waals surface area contributed by atoms with Gasteiger partial charge in [0, 0.05) is 25.6 Å². The van der Waals surface area contributed by atoms with Gasteiger partial charge in [0.1, 0.15) is 11.9 Å². The molecule has 1 N–H and O–H groups in total. The van der Waals surface area contributed by atoms with E-state index in [2.05, 4.69) is 16.8 Å². The van der Waals surface area contributed by atoms with Crippen LogP contribution in [-0.4, -0.2) is 58.5 Å². The van der Waals surface area contributed by atoms with Crippen molar-refractivity contribution in [3.05, 3.63) is 29.8 Å². The highest BCUT2D eigenvalue weighted by Gasteiger charge is 2.31. The number of nitrogens with zero attached hydrogens (tertiary/aromatic N) is 3. The number of halogens is 1. The molecule has 2 atom stereocenters. The van der Waals surface area contributed by atoms with Crippen LogP contribution in [0.2, 0.25) is 0 Å². The Bertz CT molecular complexity index is 573. The lowest BCUT2D eigenvalue weighted by molar-refractivity contribution is -0.138. The molecule has 0 aromatic carbocycles. The molecule has 0 aliphatic carbocycles. The summed E-state index contributed by atoms with van der Waals surface area (Å²) in [6.07, 6.45) is 4.42. The second-order valence-corrected chi connectivity index (χ2v) is 7.52. The maximum atomic E-state index is 12.9. The maximum Gasteiger partial charge on any atom is 0.225 e. The Hall–Kier alpha value is -1.53. The molecule has 5 nitrogen and oxygen atoms in total. The maximum absolute atomic E-state index is 12.9. The number of pyridine rings is 1. The van der Waals surface area contributed by atoms with E-state index in [0.717, 1.165) is 51.6 Å². The molecule has 1 aromatic rings. The molecule has 1 aromatic heterocycles. The van der Waals surface area contributed by atoms with Crippen molar-refractivity contribution >= 4 is 5.91 Å². The van der Waals surface area contributed by atoms with E-state index in [4.69, 9.17) is 0 Å². The smallest absolute Gasteiger partial charge is 0.225 e. The fourth-order valence-corrected chi connectivity index (χ4v) is 3.93. The van der Waals surface area contributed by atoms with Crippen molar-refractivity contribution in [2.24, 2.45) is 11.8 Å². The number of hydrogen-bond acceptors (Lipinski definition) is 4. The molecule has 138 valence electrons. The molecule has 2 fully saturated rings. The van der Waals surface area contributed by atoms with Gasteiger partial charge in [-0.15, -0.1) is 0 Å². The van der Waals surface area contributed by atoms with Gasteiger partial charge in [0.15, 0.2) is 0 Å². The van der Waals surface area contributed by atoms with E-state index in [9.17, 15) is 14.3 Å². The van der Waals surface area contributed by atoms with Gasteiger partial charge >= 0.3 is 0 Å². The van der Waals surface area contributed by atoms with Crippen LogP contribution in [0, 0.1) is 17.7 Å². The molecule has 3 heterocycles. The van der Waals surface area contributed by atoms with Gasteiger partial charge in [-0.2, -0.15) is 0 Å². The zero-order valence-corrected chi connectivity index (χ0v) is 14.9. The van der Waals surface area contributed by atoms with E-state index in [1.807, 2.05) is 4.90 Å². The largest absolute Gasteiger partial charge is 0.385 e. The van der Waals surface area contributed by atoms with E-state index in [1.165, 1.54) is 18.6 Å². The Morgan fingerprint density at radius 3 is 2.72 bits per heavy atom. The summed E-state index contributed by atoms with van der Waals surface area (Å²) >= 11 is 0. The van der Waals surface area contributed by atoms with Gasteiger partial charge in [-0.05, 0) is 56.8 Å². The number of β-amino-alcohol motifs (C(OH)–C–C–N with tert-alkyl or cyclic N) is 1. The Balaban J connectivity index is 1.46. The summed E-state index contributed by atoms with van der Waals surface area (Å²) in [5, 5.41) is 10.3. The summed E-state index contributed by atoms with van der Waals surface area (Å²) in [6.45, 7) is 6.09. The van der Waals surface area contributed by atoms with Gasteiger partial charge < -0.3 is 14.9 Å². The van der Waals surface area contributed by atoms with Gasteiger partial charge in [0.2, 0.25) is 5.91 Å². The summed E-state index contributed by atoms with van der Waals surface area (Å²) in [4.78, 5) is 20.8. The zero-order chi connectivity index (χ0) is 17.8. The number of likely N-dealkylation sites (tertiary alicyclic amines) is 2. The number of carbonyl (C=O) groups excluding carboxylic acids is 1. The third-order valence-electron chi connectivity index (χ3n) is 5.43. The minimum Gasteiger partial charge on any atom is -0.385 e. The van der Waals surface area contributed by atoms with Gasteiger partial charge in [-0.25, -0.2) is 4.39 Å². The molecule has 2 aliphatic rings. The molecule has 2 saturated heterocycles. The van der Waals surface area contributed by atoms with E-state index >= 15 is 0 Å². The minimum absolute atomic E-state index is 0.114. The first-order chi connectivity index (χ1) is 12.0. The highest BCUT2D eigenvalue weighted by Crippen LogP contribution is 2.24. The highest BCUT2D eigenvalue weighted by molar-refractivity contribution is 5.79. The Morgan fingerprint density at radius 1 is 1.32 bits per heavy atom. The van der Waals surface area contributed by atoms with E-state index in [1.54, 1.807) is 0 Å². The molecule has 0 saturated carbocycles. The predicted octanol–water partition coefficient (Wildman–Crippen LogP) is 2.22. The lowest BCUT2D eigenvalue weighted by Crippen LogP contribution is -2.46. The number of hydrogen-bond donors (Lipinski definition) is 1. The fraction of sp³-hybridized carbons (Fsp3) is 0.684. The first-order valence-electron chi connectivity index (χ1n) is 9.33. The van der Waals surface area contributed by atoms with E-state index < -0.39 is 11.9 Å². The predicted molar refractivity (Wildman–Crippen MR) is 93.3 cm³/mol. The molecule has 1 amide bonds. The molecule has 0 bridgehead atoms. The van der Waals surface area contributed by atoms with Crippen molar-refractivity contribution in [1.29, 1.82) is 0 Å². The number of amides is 1. The monoisotopic (exact) mass is 349 g/mol. The van der Waals surface area contributed by atoms with Crippen molar-refractivity contribution in [1.82, 2.24) is 14.8 Å². The summed E-state index contributed by atoms with van der Waals surface area (Å²) in [7, 11) is 0. The third-order valence-corrected chi connectivity index (χ3v) is 5.43. The lowest BCUT2D eigenvalue weighted by Gasteiger charge is -2.37. The molecule has 0 radical (unpaired) electrons. The van der Waals surface area contributed by atoms with Crippen molar-refractivity contribution in [3.63, 3.8) is 0 Å². The molecule has 3 rings (SSSR count). The average Bonchev–Trinajstić information content (AvgIpc) is 2.62. The zero-order valence-electron chi connectivity index (χ0n) is 14.9. The topological polar surface area (TPSA) is 56.7 Å². The van der Waals surface area contributed by atoms with Gasteiger partial charge in [-0.1, -0.05) is 6.92 Å². The van der Waals surface area contributed by atoms with Crippen molar-refractivity contribution in [3.8, 4) is 0 Å². The first-order valence-corrected chi connectivity index (χ1v) is 9.33. The number of aromatic nitrogens is 1. The van der Waals surface area contributed by atoms with Gasteiger partial charge in [-0.3, -0.25) is 9.78 Å². The van der Waals surface area contributed by atoms with Crippen LogP contribution in [0.15, 0.2) is 18.3 Å². The normalized spacial score (nSPS) is 24.3. The molecule has 25 heavy (non-hydrogen) atoms. The van der Waals surface area contributed by atoms with Crippen molar-refractivity contribution in [2.45, 2.75) is 38.7 Å². The number of carbonyl (C=O) groups is 1. The summed E-state index contributed by atoms with van der Waals surface area (Å²) in [5.74, 6) is 0.632. The molecule has 0 spiro atoms. The molecule has 6 heteroatoms. The number of aliphatic hydroxyl groups excluding tert-OH is 1. The fourth-order valence-electron chi connectivity index (χ4n) is 3.93. The van der Waals surface area contributed by atoms with E-state index in [-0.39, 0.29) is 5.92 Å². The molecular formula is C19H28FN3O2. The van der Waals surface area contributed by atoms with Crippen LogP contribution < -0.4 is 0 Å². The van der Waals surface area contributed by atoms with Crippen LogP contribution in [0.1, 0.15) is 44.4 Å². The van der Waals surface area contributed by atoms with Crippen LogP contribution in [0.5, 0.6) is 0 Å². The highest BCUT2D eigenvalue weighted by atomic mass is 19.1. The van der Waals surface area contributed by atoms with Crippen LogP contribution in [0.25, 0.3) is 0 Å². The summed E-state index contributed by atoms with van der Waals surface area (Å²) < 4.78 is 12.9. The Labute approximate surface area is 148 Å². The second kappa shape index (κ2) is 8.23. The lowest BCUT2D eigenvalue weighted by atomic mass is 9.92. The number of aliphatic hydroxyl groups is 1. The van der Waals surface area contributed by atoms with Crippen LogP contribution >= 0.6 is 0 Å². The van der Waals surface area contributed by atoms with Crippen LogP contribution in [-0.2, 0) is 4.79 Å². The SMILES string of the molecule is C[C@@H]1CCCN(C(=O)C2CCN(C[C@H](O)c3ccc(F)cn3)CC2)C1. The third kappa shape index (κ3) is 4.76. The Kier molecular flexibility index (Phi) is 6.02. The van der Waals surface area contributed by atoms with Crippen LogP contribution in [0.4, 0.5) is 4.39 Å². The molecule has 2 aliphatic heterocycles. The average molecular weight is 349 g/mol. The summed E-state index contributed by atoms with van der Waals surface area (Å²) in [5.41, 5.74) is 0.488. The standard InChI is InChI=1S/C19H28FN3O2/c1-14-3-2-8-23(12-14)19(25)15-6-9-22(10-7-15)13-18(24)17-5-4-16(20)11-21-17/h4-5,11,14-15,18,24H,2-3,6-10,12-13H2,1H3/t14-,18+/m1/s1. The van der Waals surface area contributed by atoms with Gasteiger partial charge in [0.05, 0.1) is 11.9 Å². The first kappa shape index (κ1) is 18.3. The quantitative estimate of drug-likeness (QED) is 0.906. The van der Waals surface area contributed by atoms with Crippen molar-refractivity contribution in [2.75, 3.05) is 32.7 Å².